The molecule has 0 unspecified atom stereocenters. The van der Waals surface area contributed by atoms with Crippen LogP contribution in [0.25, 0.3) is 0 Å². The van der Waals surface area contributed by atoms with Crippen LogP contribution >= 0.6 is 0 Å². The maximum Gasteiger partial charge on any atom is 0.219 e. The van der Waals surface area contributed by atoms with Crippen LogP contribution in [-0.4, -0.2) is 103 Å². The van der Waals surface area contributed by atoms with Crippen molar-refractivity contribution in [3.63, 3.8) is 0 Å². The van der Waals surface area contributed by atoms with Gasteiger partial charge in [0.2, 0.25) is 11.8 Å². The molecule has 6 nitrogen and oxygen atoms in total. The molecule has 2 fully saturated rings. The highest BCUT2D eigenvalue weighted by Crippen LogP contribution is 2.24. The number of nitrogens with zero attached hydrogens (tertiary/aromatic N) is 4. The van der Waals surface area contributed by atoms with E-state index in [1.165, 1.54) is 0 Å². The van der Waals surface area contributed by atoms with E-state index in [0.717, 1.165) is 78.3 Å². The van der Waals surface area contributed by atoms with Crippen molar-refractivity contribution in [3.05, 3.63) is 0 Å². The van der Waals surface area contributed by atoms with Crippen LogP contribution in [-0.2, 0) is 9.59 Å². The molecule has 0 saturated carbocycles. The minimum Gasteiger partial charge on any atom is -0.340 e. The van der Waals surface area contributed by atoms with Gasteiger partial charge in [-0.3, -0.25) is 19.4 Å². The second-order valence-corrected chi connectivity index (χ2v) is 8.32. The third kappa shape index (κ3) is 7.74. The molecule has 0 aliphatic carbocycles. The van der Waals surface area contributed by atoms with Gasteiger partial charge in [-0.05, 0) is 45.7 Å². The first kappa shape index (κ1) is 22.1. The van der Waals surface area contributed by atoms with Gasteiger partial charge in [-0.1, -0.05) is 0 Å². The molecule has 2 amide bonds. The van der Waals surface area contributed by atoms with Crippen LogP contribution in [0.1, 0.15) is 46.5 Å². The fraction of sp³-hybridized carbons (Fsp3) is 0.900. The summed E-state index contributed by atoms with van der Waals surface area (Å²) >= 11 is 0. The standard InChI is InChI=1S/C20H37FN4O2/c1-18(26)24-14-10-22(11-15-24)8-4-6-20(3,21)7-5-9-23-12-16-25(17-13-23)19(2)27/h4-17H2,1-3H3. The van der Waals surface area contributed by atoms with Crippen molar-refractivity contribution in [2.75, 3.05) is 65.4 Å². The van der Waals surface area contributed by atoms with Gasteiger partial charge in [-0.25, -0.2) is 4.39 Å². The van der Waals surface area contributed by atoms with E-state index in [-0.39, 0.29) is 11.8 Å². The largest absolute Gasteiger partial charge is 0.340 e. The zero-order valence-corrected chi connectivity index (χ0v) is 17.4. The van der Waals surface area contributed by atoms with Crippen molar-refractivity contribution in [1.29, 1.82) is 0 Å². The number of piperazine rings is 2. The average molecular weight is 385 g/mol. The lowest BCUT2D eigenvalue weighted by molar-refractivity contribution is -0.131. The summed E-state index contributed by atoms with van der Waals surface area (Å²) in [4.78, 5) is 31.1. The number of halogens is 1. The second kappa shape index (κ2) is 10.4. The van der Waals surface area contributed by atoms with Crippen molar-refractivity contribution in [3.8, 4) is 0 Å². The van der Waals surface area contributed by atoms with Gasteiger partial charge in [-0.15, -0.1) is 0 Å². The topological polar surface area (TPSA) is 47.1 Å². The highest BCUT2D eigenvalue weighted by atomic mass is 19.1. The van der Waals surface area contributed by atoms with Crippen molar-refractivity contribution in [2.24, 2.45) is 0 Å². The molecule has 2 saturated heterocycles. The van der Waals surface area contributed by atoms with Crippen molar-refractivity contribution in [2.45, 2.75) is 52.1 Å². The van der Waals surface area contributed by atoms with E-state index in [0.29, 0.717) is 12.8 Å². The normalized spacial score (nSPS) is 20.1. The van der Waals surface area contributed by atoms with E-state index in [2.05, 4.69) is 9.80 Å². The maximum absolute atomic E-state index is 14.8. The Morgan fingerprint density at radius 1 is 0.741 bits per heavy atom. The number of rotatable bonds is 8. The Kier molecular flexibility index (Phi) is 8.48. The number of alkyl halides is 1. The molecule has 0 spiro atoms. The fourth-order valence-electron chi connectivity index (χ4n) is 4.04. The third-order valence-corrected chi connectivity index (χ3v) is 5.98. The summed E-state index contributed by atoms with van der Waals surface area (Å²) in [7, 11) is 0. The quantitative estimate of drug-likeness (QED) is 0.638. The van der Waals surface area contributed by atoms with E-state index >= 15 is 0 Å². The van der Waals surface area contributed by atoms with Crippen LogP contribution in [0, 0.1) is 0 Å². The SMILES string of the molecule is CC(=O)N1CCN(CCCC(C)(F)CCCN2CCN(C(C)=O)CC2)CC1. The monoisotopic (exact) mass is 384 g/mol. The molecule has 0 bridgehead atoms. The predicted octanol–water partition coefficient (Wildman–Crippen LogP) is 1.60. The molecule has 0 aromatic heterocycles. The number of amides is 2. The molecular weight excluding hydrogens is 347 g/mol. The van der Waals surface area contributed by atoms with E-state index in [1.54, 1.807) is 20.8 Å². The zero-order chi connectivity index (χ0) is 19.9. The molecule has 7 heteroatoms. The first-order valence-electron chi connectivity index (χ1n) is 10.4. The molecule has 27 heavy (non-hydrogen) atoms. The molecule has 2 aliphatic rings. The van der Waals surface area contributed by atoms with Crippen LogP contribution < -0.4 is 0 Å². The lowest BCUT2D eigenvalue weighted by Crippen LogP contribution is -2.48. The molecule has 2 heterocycles. The van der Waals surface area contributed by atoms with Gasteiger partial charge in [0.1, 0.15) is 5.67 Å². The first-order valence-corrected chi connectivity index (χ1v) is 10.4. The molecule has 0 aromatic rings. The minimum atomic E-state index is -1.11. The second-order valence-electron chi connectivity index (χ2n) is 8.32. The Labute approximate surface area is 163 Å². The summed E-state index contributed by atoms with van der Waals surface area (Å²) in [6, 6.07) is 0. The highest BCUT2D eigenvalue weighted by molar-refractivity contribution is 5.73. The van der Waals surface area contributed by atoms with Crippen LogP contribution in [0.3, 0.4) is 0 Å². The summed E-state index contributed by atoms with van der Waals surface area (Å²) < 4.78 is 14.8. The number of hydrogen-bond acceptors (Lipinski definition) is 4. The van der Waals surface area contributed by atoms with Gasteiger partial charge >= 0.3 is 0 Å². The number of carbonyl (C=O) groups excluding carboxylic acids is 2. The lowest BCUT2D eigenvalue weighted by Gasteiger charge is -2.35. The van der Waals surface area contributed by atoms with Gasteiger partial charge in [0.15, 0.2) is 0 Å². The summed E-state index contributed by atoms with van der Waals surface area (Å²) in [5.41, 5.74) is -1.11. The molecule has 0 aromatic carbocycles. The Morgan fingerprint density at radius 2 is 1.07 bits per heavy atom. The molecule has 156 valence electrons. The van der Waals surface area contributed by atoms with Gasteiger partial charge in [0.05, 0.1) is 0 Å². The zero-order valence-electron chi connectivity index (χ0n) is 17.4. The molecule has 2 aliphatic heterocycles. The minimum absolute atomic E-state index is 0.147. The molecule has 2 rings (SSSR count). The van der Waals surface area contributed by atoms with Crippen LogP contribution in [0.15, 0.2) is 0 Å². The van der Waals surface area contributed by atoms with Crippen LogP contribution in [0.5, 0.6) is 0 Å². The number of hydrogen-bond donors (Lipinski definition) is 0. The third-order valence-electron chi connectivity index (χ3n) is 5.98. The molecule has 0 N–H and O–H groups in total. The molecular formula is C20H37FN4O2. The predicted molar refractivity (Wildman–Crippen MR) is 105 cm³/mol. The van der Waals surface area contributed by atoms with Gasteiger partial charge in [0, 0.05) is 66.2 Å². The van der Waals surface area contributed by atoms with E-state index < -0.39 is 5.67 Å². The smallest absolute Gasteiger partial charge is 0.219 e. The Morgan fingerprint density at radius 3 is 1.37 bits per heavy atom. The van der Waals surface area contributed by atoms with Gasteiger partial charge < -0.3 is 9.80 Å². The fourth-order valence-corrected chi connectivity index (χ4v) is 4.04. The van der Waals surface area contributed by atoms with Crippen LogP contribution in [0.2, 0.25) is 0 Å². The maximum atomic E-state index is 14.8. The summed E-state index contributed by atoms with van der Waals surface area (Å²) in [6.45, 7) is 13.6. The Hall–Kier alpha value is -1.21. The lowest BCUT2D eigenvalue weighted by atomic mass is 9.96. The van der Waals surface area contributed by atoms with E-state index in [1.807, 2.05) is 9.80 Å². The van der Waals surface area contributed by atoms with Gasteiger partial charge in [0.25, 0.3) is 0 Å². The highest BCUT2D eigenvalue weighted by Gasteiger charge is 2.25. The van der Waals surface area contributed by atoms with Crippen LogP contribution in [0.4, 0.5) is 4.39 Å². The summed E-state index contributed by atoms with van der Waals surface area (Å²) in [6.07, 6.45) is 2.92. The van der Waals surface area contributed by atoms with E-state index in [9.17, 15) is 14.0 Å². The summed E-state index contributed by atoms with van der Waals surface area (Å²) in [5.74, 6) is 0.294. The first-order chi connectivity index (χ1) is 12.8. The van der Waals surface area contributed by atoms with Crippen molar-refractivity contribution in [1.82, 2.24) is 19.6 Å². The number of carbonyl (C=O) groups is 2. The van der Waals surface area contributed by atoms with Crippen molar-refractivity contribution < 1.29 is 14.0 Å². The van der Waals surface area contributed by atoms with E-state index in [4.69, 9.17) is 0 Å². The molecule has 0 atom stereocenters. The van der Waals surface area contributed by atoms with Crippen molar-refractivity contribution >= 4 is 11.8 Å². The average Bonchev–Trinajstić information content (AvgIpc) is 2.62. The Bertz CT molecular complexity index is 442. The van der Waals surface area contributed by atoms with Gasteiger partial charge in [-0.2, -0.15) is 0 Å². The summed E-state index contributed by atoms with van der Waals surface area (Å²) in [5, 5.41) is 0. The Balaban J connectivity index is 1.55. The molecule has 0 radical (unpaired) electrons.